The van der Waals surface area contributed by atoms with Gasteiger partial charge in [-0.05, 0) is 78.8 Å². The van der Waals surface area contributed by atoms with Crippen LogP contribution in [-0.2, 0) is 0 Å². The highest BCUT2D eigenvalue weighted by molar-refractivity contribution is 5.71. The fourth-order valence-electron chi connectivity index (χ4n) is 4.18. The topological polar surface area (TPSA) is 12.4 Å². The van der Waals surface area contributed by atoms with Gasteiger partial charge >= 0.3 is 0 Å². The Morgan fingerprint density at radius 3 is 1.80 bits per heavy atom. The van der Waals surface area contributed by atoms with Gasteiger partial charge in [-0.1, -0.05) is 36.4 Å². The van der Waals surface area contributed by atoms with Crippen LogP contribution in [0.3, 0.4) is 0 Å². The Morgan fingerprint density at radius 1 is 0.667 bits per heavy atom. The summed E-state index contributed by atoms with van der Waals surface area (Å²) in [6.45, 7) is 3.64. The van der Waals surface area contributed by atoms with Gasteiger partial charge in [0.2, 0.25) is 0 Å². The van der Waals surface area contributed by atoms with E-state index in [1.54, 1.807) is 6.07 Å². The molecule has 154 valence electrons. The number of aliphatic imine (C=N–C) groups is 1. The van der Waals surface area contributed by atoms with Crippen molar-refractivity contribution in [3.63, 3.8) is 0 Å². The standard InChI is InChI=1S/C25H21F4N/c1-30-20-9-6-16(7-10-20)15-2-4-17(5-3-15)18-8-11-21(22(26)12-18)19-13-23(27)25(29)24(28)14-19/h2-5,8,11-14,16,20H,1,6-7,9-10H2. The Morgan fingerprint density at radius 2 is 1.23 bits per heavy atom. The zero-order valence-corrected chi connectivity index (χ0v) is 16.3. The predicted octanol–water partition coefficient (Wildman–Crippen LogP) is 7.30. The number of halogens is 4. The minimum atomic E-state index is -1.56. The van der Waals surface area contributed by atoms with Crippen LogP contribution >= 0.6 is 0 Å². The first-order valence-corrected chi connectivity index (χ1v) is 9.97. The van der Waals surface area contributed by atoms with Crippen LogP contribution in [0, 0.1) is 23.3 Å². The monoisotopic (exact) mass is 411 g/mol. The van der Waals surface area contributed by atoms with Gasteiger partial charge in [-0.25, -0.2) is 17.6 Å². The summed E-state index contributed by atoms with van der Waals surface area (Å²) in [7, 11) is 0. The van der Waals surface area contributed by atoms with Gasteiger partial charge in [-0.3, -0.25) is 4.99 Å². The molecule has 1 nitrogen and oxygen atoms in total. The maximum absolute atomic E-state index is 14.7. The van der Waals surface area contributed by atoms with Crippen molar-refractivity contribution >= 4 is 6.72 Å². The van der Waals surface area contributed by atoms with Gasteiger partial charge < -0.3 is 0 Å². The molecule has 5 heteroatoms. The lowest BCUT2D eigenvalue weighted by molar-refractivity contribution is 0.398. The maximum atomic E-state index is 14.7. The van der Waals surface area contributed by atoms with E-state index in [1.807, 2.05) is 12.1 Å². The zero-order valence-electron chi connectivity index (χ0n) is 16.3. The molecule has 0 aliphatic heterocycles. The molecule has 0 bridgehead atoms. The first-order valence-electron chi connectivity index (χ1n) is 9.97. The van der Waals surface area contributed by atoms with E-state index in [9.17, 15) is 17.6 Å². The van der Waals surface area contributed by atoms with E-state index in [4.69, 9.17) is 0 Å². The number of nitrogens with zero attached hydrogens (tertiary/aromatic N) is 1. The van der Waals surface area contributed by atoms with Crippen LogP contribution in [0.4, 0.5) is 17.6 Å². The molecule has 4 rings (SSSR count). The molecule has 1 aliphatic rings. The fraction of sp³-hybridized carbons (Fsp3) is 0.240. The molecule has 0 aromatic heterocycles. The zero-order chi connectivity index (χ0) is 21.3. The molecule has 3 aromatic rings. The van der Waals surface area contributed by atoms with E-state index >= 15 is 0 Å². The normalized spacial score (nSPS) is 18.9. The molecule has 0 spiro atoms. The number of benzene rings is 3. The van der Waals surface area contributed by atoms with Crippen LogP contribution in [-0.4, -0.2) is 12.8 Å². The van der Waals surface area contributed by atoms with E-state index in [0.29, 0.717) is 17.5 Å². The molecule has 1 fully saturated rings. The highest BCUT2D eigenvalue weighted by Gasteiger charge is 2.21. The molecule has 0 N–H and O–H groups in total. The van der Waals surface area contributed by atoms with Crippen LogP contribution in [0.5, 0.6) is 0 Å². The summed E-state index contributed by atoms with van der Waals surface area (Å²) in [5.74, 6) is -4.38. The van der Waals surface area contributed by atoms with Crippen molar-refractivity contribution < 1.29 is 17.6 Å². The van der Waals surface area contributed by atoms with Crippen molar-refractivity contribution in [1.82, 2.24) is 0 Å². The molecular weight excluding hydrogens is 390 g/mol. The third-order valence-corrected chi connectivity index (χ3v) is 5.93. The summed E-state index contributed by atoms with van der Waals surface area (Å²) in [4.78, 5) is 4.13. The smallest absolute Gasteiger partial charge is 0.194 e. The van der Waals surface area contributed by atoms with Gasteiger partial charge in [0.15, 0.2) is 17.5 Å². The quantitative estimate of drug-likeness (QED) is 0.243. The van der Waals surface area contributed by atoms with Crippen molar-refractivity contribution in [2.45, 2.75) is 37.6 Å². The lowest BCUT2D eigenvalue weighted by atomic mass is 9.81. The summed E-state index contributed by atoms with van der Waals surface area (Å²) in [6, 6.07) is 14.5. The fourth-order valence-corrected chi connectivity index (χ4v) is 4.18. The Hall–Kier alpha value is -2.95. The van der Waals surface area contributed by atoms with E-state index in [-0.39, 0.29) is 11.1 Å². The van der Waals surface area contributed by atoms with Gasteiger partial charge in [-0.15, -0.1) is 0 Å². The minimum absolute atomic E-state index is 0.0146. The molecule has 3 aromatic carbocycles. The second kappa shape index (κ2) is 8.42. The van der Waals surface area contributed by atoms with E-state index in [2.05, 4.69) is 23.8 Å². The van der Waals surface area contributed by atoms with Crippen molar-refractivity contribution in [2.75, 3.05) is 0 Å². The third kappa shape index (κ3) is 4.02. The summed E-state index contributed by atoms with van der Waals surface area (Å²) in [5.41, 5.74) is 2.74. The number of hydrogen-bond acceptors (Lipinski definition) is 1. The van der Waals surface area contributed by atoms with Gasteiger partial charge in [0.05, 0.1) is 0 Å². The first kappa shape index (κ1) is 20.3. The van der Waals surface area contributed by atoms with Gasteiger partial charge in [0.25, 0.3) is 0 Å². The lowest BCUT2D eigenvalue weighted by Gasteiger charge is -2.26. The molecule has 30 heavy (non-hydrogen) atoms. The lowest BCUT2D eigenvalue weighted by Crippen LogP contribution is -2.15. The Bertz CT molecular complexity index is 1040. The van der Waals surface area contributed by atoms with E-state index in [1.165, 1.54) is 17.7 Å². The summed E-state index contributed by atoms with van der Waals surface area (Å²) < 4.78 is 54.8. The molecule has 1 aliphatic carbocycles. The van der Waals surface area contributed by atoms with Crippen LogP contribution in [0.15, 0.2) is 59.6 Å². The molecule has 0 unspecified atom stereocenters. The van der Waals surface area contributed by atoms with Crippen molar-refractivity contribution in [1.29, 1.82) is 0 Å². The molecular formula is C25H21F4N. The third-order valence-electron chi connectivity index (χ3n) is 5.93. The Balaban J connectivity index is 1.55. The Kier molecular flexibility index (Phi) is 5.71. The second-order valence-electron chi connectivity index (χ2n) is 7.76. The Labute approximate surface area is 173 Å². The molecule has 0 atom stereocenters. The van der Waals surface area contributed by atoms with Gasteiger partial charge in [0, 0.05) is 11.6 Å². The van der Waals surface area contributed by atoms with Crippen LogP contribution in [0.2, 0.25) is 0 Å². The average Bonchev–Trinajstić information content (AvgIpc) is 2.77. The summed E-state index contributed by atoms with van der Waals surface area (Å²) in [6.07, 6.45) is 4.26. The first-order chi connectivity index (χ1) is 14.5. The van der Waals surface area contributed by atoms with E-state index < -0.39 is 23.3 Å². The predicted molar refractivity (Wildman–Crippen MR) is 112 cm³/mol. The number of hydrogen-bond donors (Lipinski definition) is 0. The van der Waals surface area contributed by atoms with E-state index in [0.717, 1.165) is 43.4 Å². The minimum Gasteiger partial charge on any atom is -0.298 e. The van der Waals surface area contributed by atoms with Crippen LogP contribution in [0.1, 0.15) is 37.2 Å². The summed E-state index contributed by atoms with van der Waals surface area (Å²) in [5, 5.41) is 0. The SMILES string of the molecule is C=NC1CCC(c2ccc(-c3ccc(-c4cc(F)c(F)c(F)c4)c(F)c3)cc2)CC1. The van der Waals surface area contributed by atoms with Crippen molar-refractivity contribution in [2.24, 2.45) is 4.99 Å². The van der Waals surface area contributed by atoms with Crippen LogP contribution < -0.4 is 0 Å². The van der Waals surface area contributed by atoms with Gasteiger partial charge in [0.1, 0.15) is 5.82 Å². The molecule has 0 radical (unpaired) electrons. The van der Waals surface area contributed by atoms with Crippen molar-refractivity contribution in [3.8, 4) is 22.3 Å². The highest BCUT2D eigenvalue weighted by atomic mass is 19.2. The number of rotatable bonds is 4. The highest BCUT2D eigenvalue weighted by Crippen LogP contribution is 2.35. The molecule has 0 saturated heterocycles. The molecule has 0 heterocycles. The van der Waals surface area contributed by atoms with Crippen molar-refractivity contribution in [3.05, 3.63) is 83.4 Å². The van der Waals surface area contributed by atoms with Gasteiger partial charge in [-0.2, -0.15) is 0 Å². The molecule has 1 saturated carbocycles. The van der Waals surface area contributed by atoms with Crippen LogP contribution in [0.25, 0.3) is 22.3 Å². The molecule has 0 amide bonds. The maximum Gasteiger partial charge on any atom is 0.194 e. The second-order valence-corrected chi connectivity index (χ2v) is 7.76. The largest absolute Gasteiger partial charge is 0.298 e. The average molecular weight is 411 g/mol. The summed E-state index contributed by atoms with van der Waals surface area (Å²) >= 11 is 0.